The van der Waals surface area contributed by atoms with Crippen molar-refractivity contribution in [1.82, 2.24) is 15.4 Å². The Morgan fingerprint density at radius 1 is 1.11 bits per heavy atom. The fourth-order valence-electron chi connectivity index (χ4n) is 5.44. The maximum atomic E-state index is 14.3. The predicted molar refractivity (Wildman–Crippen MR) is 161 cm³/mol. The summed E-state index contributed by atoms with van der Waals surface area (Å²) in [5.74, 6) is -1.01. The highest BCUT2D eigenvalue weighted by Gasteiger charge is 2.41. The molecule has 1 aliphatic heterocycles. The van der Waals surface area contributed by atoms with Gasteiger partial charge >= 0.3 is 0 Å². The minimum absolute atomic E-state index is 0.0384. The molecule has 1 N–H and O–H groups in total. The number of halogens is 3. The van der Waals surface area contributed by atoms with Gasteiger partial charge in [-0.25, -0.2) is 8.78 Å². The van der Waals surface area contributed by atoms with Gasteiger partial charge in [0.15, 0.2) is 5.76 Å². The summed E-state index contributed by atoms with van der Waals surface area (Å²) >= 11 is 5.93. The smallest absolute Gasteiger partial charge is 0.247 e. The maximum Gasteiger partial charge on any atom is 0.247 e. The summed E-state index contributed by atoms with van der Waals surface area (Å²) in [6.45, 7) is 5.08. The highest BCUT2D eigenvalue weighted by molar-refractivity contribution is 6.33. The van der Waals surface area contributed by atoms with Gasteiger partial charge in [0.25, 0.3) is 0 Å². The molecule has 2 heterocycles. The zero-order valence-electron chi connectivity index (χ0n) is 24.3. The second-order valence-electron chi connectivity index (χ2n) is 11.1. The van der Waals surface area contributed by atoms with Crippen LogP contribution in [0.1, 0.15) is 35.3 Å². The number of amides is 2. The third-order valence-corrected chi connectivity index (χ3v) is 8.53. The number of carbonyl (C=O) groups excluding carboxylic acids is 2. The monoisotopic (exact) mass is 620 g/mol. The number of piperazine rings is 1. The molecule has 11 heteroatoms. The fourth-order valence-corrected chi connectivity index (χ4v) is 5.69. The van der Waals surface area contributed by atoms with Crippen LogP contribution in [0.25, 0.3) is 11.3 Å². The van der Waals surface area contributed by atoms with E-state index >= 15 is 0 Å². The highest BCUT2D eigenvalue weighted by atomic mass is 35.5. The van der Waals surface area contributed by atoms with Gasteiger partial charge in [0.05, 0.1) is 17.1 Å². The summed E-state index contributed by atoms with van der Waals surface area (Å²) in [5, 5.41) is 6.53. The average Bonchev–Trinajstić information content (AvgIpc) is 3.76. The van der Waals surface area contributed by atoms with Crippen LogP contribution in [0.2, 0.25) is 5.02 Å². The number of nitrogens with zero attached hydrogens (tertiary/aromatic N) is 3. The van der Waals surface area contributed by atoms with Crippen molar-refractivity contribution in [2.24, 2.45) is 0 Å². The second kappa shape index (κ2) is 12.4. The molecule has 2 fully saturated rings. The number of anilines is 1. The lowest BCUT2D eigenvalue weighted by Gasteiger charge is -2.38. The molecule has 1 saturated heterocycles. The van der Waals surface area contributed by atoms with E-state index in [9.17, 15) is 18.4 Å². The Hall–Kier alpha value is -4.28. The van der Waals surface area contributed by atoms with E-state index in [1.165, 1.54) is 17.2 Å². The van der Waals surface area contributed by atoms with E-state index < -0.39 is 17.7 Å². The Morgan fingerprint density at radius 2 is 1.86 bits per heavy atom. The first kappa shape index (κ1) is 29.8. The summed E-state index contributed by atoms with van der Waals surface area (Å²) in [5.41, 5.74) is 3.90. The number of ether oxygens (including phenoxy) is 1. The molecule has 0 spiro atoms. The van der Waals surface area contributed by atoms with E-state index in [2.05, 4.69) is 36.5 Å². The van der Waals surface area contributed by atoms with E-state index in [-0.39, 0.29) is 53.0 Å². The lowest BCUT2D eigenvalue weighted by Crippen LogP contribution is -2.61. The Bertz CT molecular complexity index is 1710. The molecule has 0 radical (unpaired) electrons. The maximum absolute atomic E-state index is 14.3. The fraction of sp³-hybridized carbons (Fsp3) is 0.303. The van der Waals surface area contributed by atoms with Crippen molar-refractivity contribution in [2.75, 3.05) is 18.0 Å². The van der Waals surface area contributed by atoms with E-state index in [1.807, 2.05) is 11.0 Å². The third kappa shape index (κ3) is 6.05. The lowest BCUT2D eigenvalue weighted by atomic mass is 10.0. The van der Waals surface area contributed by atoms with Crippen molar-refractivity contribution in [3.63, 3.8) is 0 Å². The zero-order valence-corrected chi connectivity index (χ0v) is 25.0. The van der Waals surface area contributed by atoms with Crippen LogP contribution >= 0.6 is 11.6 Å². The minimum atomic E-state index is -0.766. The molecular formula is C33H31ClF2N4O4. The first-order valence-corrected chi connectivity index (χ1v) is 14.8. The Kier molecular flexibility index (Phi) is 8.38. The Balaban J connectivity index is 1.15. The van der Waals surface area contributed by atoms with Gasteiger partial charge in [0.1, 0.15) is 35.7 Å². The van der Waals surface area contributed by atoms with Gasteiger partial charge in [-0.05, 0) is 79.8 Å². The van der Waals surface area contributed by atoms with Crippen LogP contribution in [0.15, 0.2) is 65.2 Å². The van der Waals surface area contributed by atoms with E-state index in [0.29, 0.717) is 24.5 Å². The number of aryl methyl sites for hydroxylation is 1. The van der Waals surface area contributed by atoms with Crippen molar-refractivity contribution in [2.45, 2.75) is 51.9 Å². The number of nitrogens with one attached hydrogen (secondary N) is 1. The number of rotatable bonds is 9. The van der Waals surface area contributed by atoms with E-state index in [4.69, 9.17) is 20.9 Å². The first-order valence-electron chi connectivity index (χ1n) is 14.4. The largest absolute Gasteiger partial charge is 0.486 e. The summed E-state index contributed by atoms with van der Waals surface area (Å²) in [4.78, 5) is 30.6. The van der Waals surface area contributed by atoms with Crippen LogP contribution in [0.4, 0.5) is 14.5 Å². The van der Waals surface area contributed by atoms with Gasteiger partial charge < -0.3 is 19.5 Å². The second-order valence-corrected chi connectivity index (χ2v) is 11.5. The van der Waals surface area contributed by atoms with Gasteiger partial charge in [0, 0.05) is 30.9 Å². The number of benzene rings is 3. The topological polar surface area (TPSA) is 87.9 Å². The van der Waals surface area contributed by atoms with Crippen LogP contribution in [-0.2, 0) is 22.7 Å². The quantitative estimate of drug-likeness (QED) is 0.232. The van der Waals surface area contributed by atoms with E-state index in [0.717, 1.165) is 30.5 Å². The van der Waals surface area contributed by atoms with Gasteiger partial charge in [-0.15, -0.1) is 0 Å². The summed E-state index contributed by atoms with van der Waals surface area (Å²) < 4.78 is 39.2. The molecule has 1 unspecified atom stereocenters. The molecule has 1 aliphatic carbocycles. The lowest BCUT2D eigenvalue weighted by molar-refractivity contribution is -0.136. The molecule has 2 aliphatic rings. The van der Waals surface area contributed by atoms with Crippen molar-refractivity contribution in [1.29, 1.82) is 0 Å². The third-order valence-electron chi connectivity index (χ3n) is 8.16. The van der Waals surface area contributed by atoms with Gasteiger partial charge in [-0.1, -0.05) is 35.0 Å². The first-order chi connectivity index (χ1) is 21.2. The summed E-state index contributed by atoms with van der Waals surface area (Å²) in [6, 6.07) is 15.8. The average molecular weight is 621 g/mol. The van der Waals surface area contributed by atoms with E-state index in [1.54, 1.807) is 29.2 Å². The number of hydrogen-bond donors (Lipinski definition) is 1. The van der Waals surface area contributed by atoms with Crippen LogP contribution in [0, 0.1) is 25.5 Å². The van der Waals surface area contributed by atoms with Crippen molar-refractivity contribution in [3.8, 4) is 17.0 Å². The molecule has 1 saturated carbocycles. The molecule has 6 rings (SSSR count). The van der Waals surface area contributed by atoms with Crippen LogP contribution in [0.5, 0.6) is 5.75 Å². The van der Waals surface area contributed by atoms with Gasteiger partial charge in [-0.2, -0.15) is 0 Å². The van der Waals surface area contributed by atoms with Gasteiger partial charge in [0.2, 0.25) is 11.8 Å². The summed E-state index contributed by atoms with van der Waals surface area (Å²) in [6.07, 6.45) is 1.90. The Morgan fingerprint density at radius 3 is 2.61 bits per heavy atom. The minimum Gasteiger partial charge on any atom is -0.486 e. The standard InChI is InChI=1S/C33H31ClF2N4O4/c1-19-4-3-5-21(20(19)2)17-39(22-6-7-22)33(42)29-15-37-16-30(41)40(29)23-8-10-24(11-9-23)43-18-25-14-28(38-44-25)31-26(35)12-13-27(36)32(31)34/h3-5,8-14,22,29,37H,6-7,15-18H2,1-2H3. The zero-order chi connectivity index (χ0) is 31.0. The van der Waals surface area contributed by atoms with Crippen molar-refractivity contribution < 1.29 is 27.6 Å². The molecule has 3 aromatic carbocycles. The molecular weight excluding hydrogens is 590 g/mol. The number of aromatic nitrogens is 1. The molecule has 228 valence electrons. The SMILES string of the molecule is Cc1cccc(CN(C(=O)C2CNCC(=O)N2c2ccc(OCc3cc(-c4c(F)ccc(F)c4Cl)no3)cc2)C2CC2)c1C. The molecule has 4 aromatic rings. The van der Waals surface area contributed by atoms with Gasteiger partial charge in [-0.3, -0.25) is 14.5 Å². The van der Waals surface area contributed by atoms with Crippen molar-refractivity contribution in [3.05, 3.63) is 99.8 Å². The molecule has 1 aromatic heterocycles. The van der Waals surface area contributed by atoms with Crippen LogP contribution in [0.3, 0.4) is 0 Å². The predicted octanol–water partition coefficient (Wildman–Crippen LogP) is 5.97. The highest BCUT2D eigenvalue weighted by Crippen LogP contribution is 2.34. The van der Waals surface area contributed by atoms with Crippen molar-refractivity contribution >= 4 is 29.1 Å². The normalized spacial score (nSPS) is 16.7. The molecule has 0 bridgehead atoms. The van der Waals surface area contributed by atoms with Crippen LogP contribution < -0.4 is 15.0 Å². The molecule has 8 nitrogen and oxygen atoms in total. The molecule has 1 atom stereocenters. The Labute approximate surface area is 258 Å². The number of hydrogen-bond acceptors (Lipinski definition) is 6. The van der Waals surface area contributed by atoms with Crippen LogP contribution in [-0.4, -0.2) is 47.0 Å². The number of carbonyl (C=O) groups is 2. The summed E-state index contributed by atoms with van der Waals surface area (Å²) in [7, 11) is 0. The molecule has 2 amide bonds. The molecule has 44 heavy (non-hydrogen) atoms.